The average Bonchev–Trinajstić information content (AvgIpc) is 2.77. The van der Waals surface area contributed by atoms with Crippen LogP contribution in [-0.2, 0) is 14.3 Å². The van der Waals surface area contributed by atoms with Gasteiger partial charge in [0.2, 0.25) is 0 Å². The summed E-state index contributed by atoms with van der Waals surface area (Å²) in [6, 6.07) is -0.173. The molecule has 0 aliphatic carbocycles. The number of carbonyl (C=O) groups excluding carboxylic acids is 3. The first-order valence-electron chi connectivity index (χ1n) is 13.3. The number of alkyl halides is 3. The van der Waals surface area contributed by atoms with Crippen molar-refractivity contribution in [1.82, 2.24) is 20.0 Å². The van der Waals surface area contributed by atoms with Gasteiger partial charge in [-0.1, -0.05) is 0 Å². The molecule has 0 saturated carbocycles. The largest absolute Gasteiger partial charge is 1.00 e. The van der Waals surface area contributed by atoms with Gasteiger partial charge in [0.15, 0.2) is 0 Å². The molecule has 0 aromatic rings. The zero-order valence-corrected chi connectivity index (χ0v) is 25.7. The number of hydrogen-bond donors (Lipinski definition) is 1. The summed E-state index contributed by atoms with van der Waals surface area (Å²) in [5.41, 5.74) is -1.08. The molecule has 0 spiro atoms. The van der Waals surface area contributed by atoms with Gasteiger partial charge in [0, 0.05) is 39.3 Å². The summed E-state index contributed by atoms with van der Waals surface area (Å²) < 4.78 is 48.0. The second-order valence-corrected chi connectivity index (χ2v) is 11.9. The number of nitrogens with one attached hydrogen (secondary N) is 1. The first kappa shape index (κ1) is 40.5. The van der Waals surface area contributed by atoms with Crippen LogP contribution >= 0.6 is 0 Å². The minimum Gasteiger partial charge on any atom is -0.870 e. The first-order chi connectivity index (χ1) is 17.4. The monoisotopic (exact) mass is 576 g/mol. The third-order valence-corrected chi connectivity index (χ3v) is 6.02. The molecule has 2 fully saturated rings. The summed E-state index contributed by atoms with van der Waals surface area (Å²) in [6.07, 6.45) is -0.150. The molecule has 0 aromatic carbocycles. The molecule has 2 heterocycles. The van der Waals surface area contributed by atoms with Crippen molar-refractivity contribution in [3.63, 3.8) is 0 Å². The van der Waals surface area contributed by atoms with E-state index in [1.165, 1.54) is 11.3 Å². The van der Waals surface area contributed by atoms with E-state index in [-0.39, 0.29) is 43.0 Å². The van der Waals surface area contributed by atoms with Gasteiger partial charge in [0.05, 0.1) is 6.04 Å². The first-order valence-corrected chi connectivity index (χ1v) is 13.3. The van der Waals surface area contributed by atoms with E-state index in [9.17, 15) is 27.6 Å². The van der Waals surface area contributed by atoms with Crippen LogP contribution in [0.25, 0.3) is 0 Å². The van der Waals surface area contributed by atoms with Gasteiger partial charge >= 0.3 is 43.1 Å². The molecule has 2 rings (SSSR count). The molecule has 14 heteroatoms. The Kier molecular flexibility index (Phi) is 17.5. The predicted octanol–water partition coefficient (Wildman–Crippen LogP) is 1.62. The third-order valence-electron chi connectivity index (χ3n) is 6.02. The van der Waals surface area contributed by atoms with Crippen LogP contribution in [0.5, 0.6) is 0 Å². The number of ether oxygens (including phenoxy) is 2. The Morgan fingerprint density at radius 3 is 1.60 bits per heavy atom. The molecular formula is C26H48F3LiN4O6. The van der Waals surface area contributed by atoms with Crippen molar-refractivity contribution in [2.24, 2.45) is 0 Å². The molecule has 2 saturated heterocycles. The number of carbonyl (C=O) groups is 3. The summed E-state index contributed by atoms with van der Waals surface area (Å²) in [5.74, 6) is -1.90. The number of nitrogens with zero attached hydrogens (tertiary/aromatic N) is 3. The minimum absolute atomic E-state index is 0. The van der Waals surface area contributed by atoms with Crippen LogP contribution in [0.4, 0.5) is 22.8 Å². The molecule has 0 aromatic heterocycles. The van der Waals surface area contributed by atoms with Crippen molar-refractivity contribution in [1.29, 1.82) is 0 Å². The van der Waals surface area contributed by atoms with Crippen molar-refractivity contribution in [2.45, 2.75) is 110 Å². The topological polar surface area (TPSA) is 121 Å². The summed E-state index contributed by atoms with van der Waals surface area (Å²) in [5, 5.41) is 3.14. The van der Waals surface area contributed by atoms with Crippen molar-refractivity contribution in [3.05, 3.63) is 0 Å². The maximum Gasteiger partial charge on any atom is 1.00 e. The van der Waals surface area contributed by atoms with E-state index in [1.807, 2.05) is 32.7 Å². The summed E-state index contributed by atoms with van der Waals surface area (Å²) in [6.45, 7) is 12.8. The number of amides is 3. The standard InChI is InChI=1S/C14H23F3N2O3.C12H24N2O2.Li.H2O/c1-13(2,3)22-12(21)19-8-6-5-7-10(19)9-18(4)11(20)14(15,16)17;1-12(2,3)16-11(15)14-8-6-5-7-10(14)9-13-4;;/h10H,5-9H2,1-4H3;10,13H,5-9H2,1-4H3;;1H2/q;;+1;/p-1/t2*10-;;/m11../s1. The second-order valence-electron chi connectivity index (χ2n) is 11.9. The van der Waals surface area contributed by atoms with E-state index in [1.54, 1.807) is 20.8 Å². The Bertz CT molecular complexity index is 788. The van der Waals surface area contributed by atoms with E-state index >= 15 is 0 Å². The van der Waals surface area contributed by atoms with Gasteiger partial charge < -0.3 is 35.0 Å². The SMILES string of the molecule is CN(C[C@H]1CCCCN1C(=O)OC(C)(C)C)C(=O)C(F)(F)F.CNC[C@H]1CCCCN1C(=O)OC(C)(C)C.[Li+].[OH-]. The average molecular weight is 577 g/mol. The number of likely N-dealkylation sites (tertiary alicyclic amines) is 2. The maximum atomic E-state index is 12.4. The van der Waals surface area contributed by atoms with Gasteiger partial charge in [0.1, 0.15) is 11.2 Å². The fourth-order valence-electron chi connectivity index (χ4n) is 4.38. The number of likely N-dealkylation sites (N-methyl/N-ethyl adjacent to an activating group) is 2. The molecule has 2 N–H and O–H groups in total. The number of halogens is 3. The Morgan fingerprint density at radius 2 is 1.23 bits per heavy atom. The van der Waals surface area contributed by atoms with Gasteiger partial charge in [-0.05, 0) is 87.1 Å². The smallest absolute Gasteiger partial charge is 0.870 e. The van der Waals surface area contributed by atoms with Crippen LogP contribution < -0.4 is 24.2 Å². The molecule has 0 unspecified atom stereocenters. The van der Waals surface area contributed by atoms with E-state index in [2.05, 4.69) is 5.32 Å². The normalized spacial score (nSPS) is 19.7. The molecule has 10 nitrogen and oxygen atoms in total. The number of rotatable bonds is 4. The van der Waals surface area contributed by atoms with Crippen LogP contribution in [0, 0.1) is 0 Å². The fourth-order valence-corrected chi connectivity index (χ4v) is 4.38. The zero-order chi connectivity index (χ0) is 29.3. The molecule has 2 atom stereocenters. The van der Waals surface area contributed by atoms with E-state index in [4.69, 9.17) is 9.47 Å². The van der Waals surface area contributed by atoms with Crippen LogP contribution in [-0.4, -0.2) is 108 Å². The van der Waals surface area contributed by atoms with Gasteiger partial charge in [-0.3, -0.25) is 4.79 Å². The van der Waals surface area contributed by atoms with Crippen LogP contribution in [0.2, 0.25) is 0 Å². The zero-order valence-electron chi connectivity index (χ0n) is 25.7. The van der Waals surface area contributed by atoms with Gasteiger partial charge in [-0.2, -0.15) is 13.2 Å². The second kappa shape index (κ2) is 17.3. The van der Waals surface area contributed by atoms with E-state index < -0.39 is 35.4 Å². The fraction of sp³-hybridized carbons (Fsp3) is 0.885. The summed E-state index contributed by atoms with van der Waals surface area (Å²) in [7, 11) is 3.01. The quantitative estimate of drug-likeness (QED) is 0.505. The van der Waals surface area contributed by atoms with Crippen LogP contribution in [0.1, 0.15) is 80.1 Å². The Labute approximate surface area is 249 Å². The van der Waals surface area contributed by atoms with Crippen molar-refractivity contribution >= 4 is 18.1 Å². The predicted molar refractivity (Wildman–Crippen MR) is 141 cm³/mol. The van der Waals surface area contributed by atoms with Gasteiger partial charge in [0.25, 0.3) is 0 Å². The van der Waals surface area contributed by atoms with Crippen molar-refractivity contribution in [3.8, 4) is 0 Å². The van der Waals surface area contributed by atoms with E-state index in [0.717, 1.165) is 45.8 Å². The molecule has 0 bridgehead atoms. The molecule has 230 valence electrons. The van der Waals surface area contributed by atoms with Gasteiger partial charge in [-0.25, -0.2) is 9.59 Å². The molecule has 2 aliphatic heterocycles. The minimum atomic E-state index is -4.90. The summed E-state index contributed by atoms with van der Waals surface area (Å²) >= 11 is 0. The summed E-state index contributed by atoms with van der Waals surface area (Å²) in [4.78, 5) is 39.2. The van der Waals surface area contributed by atoms with Crippen LogP contribution in [0.15, 0.2) is 0 Å². The molecule has 3 amide bonds. The third kappa shape index (κ3) is 14.8. The Hall–Kier alpha value is -1.68. The molecule has 2 aliphatic rings. The number of hydrogen-bond acceptors (Lipinski definition) is 7. The van der Waals surface area contributed by atoms with E-state index in [0.29, 0.717) is 17.9 Å². The molecular weight excluding hydrogens is 528 g/mol. The Balaban J connectivity index is 0. The van der Waals surface area contributed by atoms with Crippen molar-refractivity contribution in [2.75, 3.05) is 40.3 Å². The molecule has 40 heavy (non-hydrogen) atoms. The van der Waals surface area contributed by atoms with Crippen LogP contribution in [0.3, 0.4) is 0 Å². The van der Waals surface area contributed by atoms with Crippen molar-refractivity contribution < 1.29 is 61.4 Å². The number of piperidine rings is 2. The molecule has 0 radical (unpaired) electrons. The van der Waals surface area contributed by atoms with Gasteiger partial charge in [-0.15, -0.1) is 0 Å². The maximum absolute atomic E-state index is 12.4. The Morgan fingerprint density at radius 1 is 0.825 bits per heavy atom.